The van der Waals surface area contributed by atoms with Gasteiger partial charge in [-0.1, -0.05) is 42.8 Å². The van der Waals surface area contributed by atoms with Gasteiger partial charge in [0.05, 0.1) is 15.8 Å². The molecule has 0 saturated carbocycles. The molecule has 8 heteroatoms. The van der Waals surface area contributed by atoms with Gasteiger partial charge in [-0.3, -0.25) is 18.6 Å². The number of carbonyl (C=O) groups excluding carboxylic acids is 1. The third-order valence-corrected chi connectivity index (χ3v) is 7.70. The quantitative estimate of drug-likeness (QED) is 0.355. The normalized spacial score (nSPS) is 16.7. The Morgan fingerprint density at radius 1 is 1.22 bits per heavy atom. The molecule has 1 aliphatic rings. The summed E-state index contributed by atoms with van der Waals surface area (Å²) >= 11 is 13.4. The second kappa shape index (κ2) is 8.46. The zero-order valence-corrected chi connectivity index (χ0v) is 20.0. The van der Waals surface area contributed by atoms with E-state index in [-0.39, 0.29) is 18.0 Å². The number of carbonyl (C=O) groups is 1. The minimum atomic E-state index is -0.185. The van der Waals surface area contributed by atoms with E-state index in [1.165, 1.54) is 11.3 Å². The van der Waals surface area contributed by atoms with E-state index in [9.17, 15) is 9.59 Å². The fourth-order valence-electron chi connectivity index (χ4n) is 4.53. The molecule has 1 aliphatic heterocycles. The van der Waals surface area contributed by atoms with Gasteiger partial charge in [0.25, 0.3) is 5.56 Å². The van der Waals surface area contributed by atoms with Gasteiger partial charge in [0.2, 0.25) is 5.91 Å². The number of hydrogen-bond acceptors (Lipinski definition) is 4. The SMILES string of the molecule is CC1CCCN(C(=O)Cn2c(=O)c3ccccc3n3c(=S)sc(-c4cccc(Cl)c4)c23)C1. The summed E-state index contributed by atoms with van der Waals surface area (Å²) in [6.45, 7) is 3.61. The Morgan fingerprint density at radius 3 is 2.81 bits per heavy atom. The van der Waals surface area contributed by atoms with Gasteiger partial charge < -0.3 is 4.90 Å². The molecule has 1 atom stereocenters. The van der Waals surface area contributed by atoms with Crippen molar-refractivity contribution in [2.45, 2.75) is 26.3 Å². The van der Waals surface area contributed by atoms with E-state index >= 15 is 0 Å². The molecule has 1 amide bonds. The molecule has 5 rings (SSSR count). The van der Waals surface area contributed by atoms with Crippen LogP contribution in [-0.4, -0.2) is 32.9 Å². The highest BCUT2D eigenvalue weighted by atomic mass is 35.5. The Balaban J connectivity index is 1.76. The Kier molecular flexibility index (Phi) is 5.65. The fourth-order valence-corrected chi connectivity index (χ4v) is 6.14. The number of benzene rings is 2. The van der Waals surface area contributed by atoms with E-state index in [4.69, 9.17) is 23.8 Å². The van der Waals surface area contributed by atoms with Gasteiger partial charge in [0, 0.05) is 18.1 Å². The number of aromatic nitrogens is 2. The number of rotatable bonds is 3. The van der Waals surface area contributed by atoms with E-state index in [1.54, 1.807) is 10.6 Å². The monoisotopic (exact) mass is 483 g/mol. The van der Waals surface area contributed by atoms with Crippen LogP contribution in [0.5, 0.6) is 0 Å². The van der Waals surface area contributed by atoms with Crippen molar-refractivity contribution in [1.82, 2.24) is 13.9 Å². The first-order chi connectivity index (χ1) is 15.4. The van der Waals surface area contributed by atoms with E-state index in [2.05, 4.69) is 6.92 Å². The lowest BCUT2D eigenvalue weighted by molar-refractivity contribution is -0.133. The first kappa shape index (κ1) is 21.4. The number of nitrogens with zero attached hydrogens (tertiary/aromatic N) is 3. The number of thiazole rings is 1. The van der Waals surface area contributed by atoms with Crippen LogP contribution in [0.15, 0.2) is 53.3 Å². The molecule has 1 saturated heterocycles. The summed E-state index contributed by atoms with van der Waals surface area (Å²) in [5.74, 6) is 0.433. The van der Waals surface area contributed by atoms with Crippen molar-refractivity contribution in [3.05, 3.63) is 67.9 Å². The highest BCUT2D eigenvalue weighted by molar-refractivity contribution is 7.73. The first-order valence-corrected chi connectivity index (χ1v) is 12.2. The molecule has 0 spiro atoms. The minimum absolute atomic E-state index is 0.0149. The Labute approximate surface area is 199 Å². The first-order valence-electron chi connectivity index (χ1n) is 10.6. The Bertz CT molecular complexity index is 1470. The number of para-hydroxylation sites is 1. The summed E-state index contributed by atoms with van der Waals surface area (Å²) in [4.78, 5) is 29.6. The van der Waals surface area contributed by atoms with Crippen LogP contribution in [0.3, 0.4) is 0 Å². The van der Waals surface area contributed by atoms with Gasteiger partial charge in [-0.15, -0.1) is 11.3 Å². The summed E-state index contributed by atoms with van der Waals surface area (Å²) in [5.41, 5.74) is 2.08. The van der Waals surface area contributed by atoms with Crippen LogP contribution in [-0.2, 0) is 11.3 Å². The molecule has 164 valence electrons. The molecule has 5 nitrogen and oxygen atoms in total. The average molecular weight is 484 g/mol. The molecule has 0 N–H and O–H groups in total. The van der Waals surface area contributed by atoms with Gasteiger partial charge in [-0.2, -0.15) is 0 Å². The molecule has 1 fully saturated rings. The van der Waals surface area contributed by atoms with E-state index in [0.29, 0.717) is 25.9 Å². The highest BCUT2D eigenvalue weighted by Crippen LogP contribution is 2.34. The third-order valence-electron chi connectivity index (χ3n) is 6.05. The molecule has 3 heterocycles. The number of halogens is 1. The van der Waals surface area contributed by atoms with Crippen LogP contribution in [0.1, 0.15) is 19.8 Å². The number of hydrogen-bond donors (Lipinski definition) is 0. The van der Waals surface area contributed by atoms with E-state index in [1.807, 2.05) is 51.8 Å². The number of fused-ring (bicyclic) bond motifs is 3. The second-order valence-electron chi connectivity index (χ2n) is 8.36. The summed E-state index contributed by atoms with van der Waals surface area (Å²) < 4.78 is 4.13. The molecule has 4 aromatic rings. The molecule has 0 radical (unpaired) electrons. The number of piperidine rings is 1. The maximum absolute atomic E-state index is 13.6. The van der Waals surface area contributed by atoms with Crippen LogP contribution < -0.4 is 5.56 Å². The zero-order valence-electron chi connectivity index (χ0n) is 17.6. The van der Waals surface area contributed by atoms with Crippen LogP contribution in [0.4, 0.5) is 0 Å². The fraction of sp³-hybridized carbons (Fsp3) is 0.292. The summed E-state index contributed by atoms with van der Waals surface area (Å²) in [7, 11) is 0. The van der Waals surface area contributed by atoms with Crippen molar-refractivity contribution in [3.63, 3.8) is 0 Å². The smallest absolute Gasteiger partial charge is 0.262 e. The number of likely N-dealkylation sites (tertiary alicyclic amines) is 1. The molecular formula is C24H22ClN3O2S2. The van der Waals surface area contributed by atoms with Crippen LogP contribution in [0.2, 0.25) is 5.02 Å². The second-order valence-corrected chi connectivity index (χ2v) is 10.4. The lowest BCUT2D eigenvalue weighted by Gasteiger charge is -2.31. The topological polar surface area (TPSA) is 46.7 Å². The van der Waals surface area contributed by atoms with Crippen molar-refractivity contribution in [2.24, 2.45) is 5.92 Å². The van der Waals surface area contributed by atoms with E-state index in [0.717, 1.165) is 41.9 Å². The molecule has 0 aliphatic carbocycles. The van der Waals surface area contributed by atoms with Crippen molar-refractivity contribution in [1.29, 1.82) is 0 Å². The molecule has 32 heavy (non-hydrogen) atoms. The molecule has 0 bridgehead atoms. The van der Waals surface area contributed by atoms with Crippen molar-refractivity contribution < 1.29 is 4.79 Å². The Morgan fingerprint density at radius 2 is 2.03 bits per heavy atom. The summed E-state index contributed by atoms with van der Waals surface area (Å²) in [6, 6.07) is 14.9. The highest BCUT2D eigenvalue weighted by Gasteiger charge is 2.24. The minimum Gasteiger partial charge on any atom is -0.341 e. The van der Waals surface area contributed by atoms with Crippen molar-refractivity contribution in [2.75, 3.05) is 13.1 Å². The maximum atomic E-state index is 13.6. The van der Waals surface area contributed by atoms with E-state index < -0.39 is 0 Å². The number of amides is 1. The van der Waals surface area contributed by atoms with Gasteiger partial charge >= 0.3 is 0 Å². The molecule has 1 unspecified atom stereocenters. The predicted molar refractivity (Wildman–Crippen MR) is 133 cm³/mol. The molecule has 2 aromatic carbocycles. The lowest BCUT2D eigenvalue weighted by Crippen LogP contribution is -2.42. The van der Waals surface area contributed by atoms with Gasteiger partial charge in [-0.25, -0.2) is 0 Å². The van der Waals surface area contributed by atoms with Crippen LogP contribution >= 0.6 is 35.2 Å². The van der Waals surface area contributed by atoms with Crippen LogP contribution in [0.25, 0.3) is 27.0 Å². The largest absolute Gasteiger partial charge is 0.341 e. The van der Waals surface area contributed by atoms with Gasteiger partial charge in [-0.05, 0) is 60.8 Å². The molecular weight excluding hydrogens is 462 g/mol. The summed E-state index contributed by atoms with van der Waals surface area (Å²) in [6.07, 6.45) is 2.12. The van der Waals surface area contributed by atoms with Gasteiger partial charge in [0.1, 0.15) is 12.2 Å². The van der Waals surface area contributed by atoms with Crippen molar-refractivity contribution in [3.8, 4) is 10.4 Å². The van der Waals surface area contributed by atoms with Crippen molar-refractivity contribution >= 4 is 57.6 Å². The average Bonchev–Trinajstić information content (AvgIpc) is 3.13. The standard InChI is InChI=1S/C24H22ClN3O2S2/c1-15-6-5-11-26(13-15)20(29)14-27-22-21(16-7-4-8-17(25)12-16)32-24(31)28(22)19-10-3-2-9-18(19)23(27)30/h2-4,7-10,12,15H,5-6,11,13-14H2,1H3. The molecule has 2 aromatic heterocycles. The van der Waals surface area contributed by atoms with Crippen LogP contribution in [0, 0.1) is 9.87 Å². The summed E-state index contributed by atoms with van der Waals surface area (Å²) in [5, 5.41) is 1.15. The zero-order chi connectivity index (χ0) is 22.4. The third kappa shape index (κ3) is 3.68. The maximum Gasteiger partial charge on any atom is 0.262 e. The van der Waals surface area contributed by atoms with Gasteiger partial charge in [0.15, 0.2) is 3.95 Å². The Hall–Kier alpha value is -2.48. The predicted octanol–water partition coefficient (Wildman–Crippen LogP) is 5.62. The lowest BCUT2D eigenvalue weighted by atomic mass is 10.0.